The van der Waals surface area contributed by atoms with Crippen molar-refractivity contribution in [2.75, 3.05) is 40.0 Å². The average molecular weight is 302 g/mol. The molecule has 1 N–H and O–H groups in total. The maximum Gasteiger partial charge on any atom is 0.253 e. The summed E-state index contributed by atoms with van der Waals surface area (Å²) < 4.78 is 10.5. The quantitative estimate of drug-likeness (QED) is 0.833. The van der Waals surface area contributed by atoms with E-state index in [0.717, 1.165) is 36.0 Å². The van der Waals surface area contributed by atoms with Crippen LogP contribution in [0, 0.1) is 5.92 Å². The Labute approximate surface area is 130 Å². The summed E-state index contributed by atoms with van der Waals surface area (Å²) in [6.45, 7) is 3.51. The molecular weight excluding hydrogens is 280 g/mol. The predicted octanol–water partition coefficient (Wildman–Crippen LogP) is 2.29. The van der Waals surface area contributed by atoms with E-state index >= 15 is 0 Å². The summed E-state index contributed by atoms with van der Waals surface area (Å²) in [5, 5.41) is 1.07. The normalized spacial score (nSPS) is 18.2. The van der Waals surface area contributed by atoms with E-state index in [1.54, 1.807) is 7.11 Å². The third-order valence-corrected chi connectivity index (χ3v) is 4.16. The molecule has 0 aliphatic carbocycles. The lowest BCUT2D eigenvalue weighted by molar-refractivity contribution is 0.0515. The largest absolute Gasteiger partial charge is 0.382 e. The lowest BCUT2D eigenvalue weighted by atomic mass is 10.1. The number of aromatic amines is 1. The van der Waals surface area contributed by atoms with Crippen LogP contribution in [0.1, 0.15) is 16.8 Å². The second-order valence-corrected chi connectivity index (χ2v) is 5.75. The standard InChI is InChI=1S/C17H22N2O3/c1-21-8-9-22-12-13-5-7-19(11-13)17(20)15-2-3-16-14(10-15)4-6-18-16/h2-4,6,10,13,18H,5,7-9,11-12H2,1H3/t13-/m1/s1. The van der Waals surface area contributed by atoms with Gasteiger partial charge in [0.1, 0.15) is 0 Å². The summed E-state index contributed by atoms with van der Waals surface area (Å²) in [5.41, 5.74) is 1.82. The second kappa shape index (κ2) is 6.94. The van der Waals surface area contributed by atoms with E-state index in [-0.39, 0.29) is 5.91 Å². The molecule has 0 bridgehead atoms. The molecule has 22 heavy (non-hydrogen) atoms. The van der Waals surface area contributed by atoms with Gasteiger partial charge in [-0.2, -0.15) is 0 Å². The number of amides is 1. The van der Waals surface area contributed by atoms with Gasteiger partial charge in [0.2, 0.25) is 0 Å². The fourth-order valence-corrected chi connectivity index (χ4v) is 2.91. The van der Waals surface area contributed by atoms with Gasteiger partial charge in [-0.1, -0.05) is 0 Å². The SMILES string of the molecule is COCCOC[C@@H]1CCN(C(=O)c2ccc3[nH]ccc3c2)C1. The molecule has 1 saturated heterocycles. The van der Waals surface area contributed by atoms with Gasteiger partial charge in [0.15, 0.2) is 0 Å². The maximum absolute atomic E-state index is 12.6. The summed E-state index contributed by atoms with van der Waals surface area (Å²) in [4.78, 5) is 17.7. The van der Waals surface area contributed by atoms with E-state index in [1.165, 1.54) is 0 Å². The molecule has 2 aromatic rings. The van der Waals surface area contributed by atoms with Crippen molar-refractivity contribution >= 4 is 16.8 Å². The number of carbonyl (C=O) groups excluding carboxylic acids is 1. The Bertz CT molecular complexity index is 638. The number of fused-ring (bicyclic) bond motifs is 1. The molecule has 1 atom stereocenters. The first-order valence-electron chi connectivity index (χ1n) is 7.71. The number of rotatable bonds is 6. The zero-order chi connectivity index (χ0) is 15.4. The zero-order valence-electron chi connectivity index (χ0n) is 12.9. The van der Waals surface area contributed by atoms with Crippen molar-refractivity contribution in [1.29, 1.82) is 0 Å². The van der Waals surface area contributed by atoms with Crippen molar-refractivity contribution in [2.24, 2.45) is 5.92 Å². The fourth-order valence-electron chi connectivity index (χ4n) is 2.91. The van der Waals surface area contributed by atoms with Crippen molar-refractivity contribution in [1.82, 2.24) is 9.88 Å². The molecule has 1 fully saturated rings. The van der Waals surface area contributed by atoms with Gasteiger partial charge in [0.05, 0.1) is 19.8 Å². The molecule has 1 aliphatic rings. The zero-order valence-corrected chi connectivity index (χ0v) is 12.9. The van der Waals surface area contributed by atoms with Crippen LogP contribution in [0.25, 0.3) is 10.9 Å². The van der Waals surface area contributed by atoms with E-state index in [9.17, 15) is 4.79 Å². The number of nitrogens with zero attached hydrogens (tertiary/aromatic N) is 1. The number of likely N-dealkylation sites (tertiary alicyclic amines) is 1. The molecule has 2 heterocycles. The molecule has 5 nitrogen and oxygen atoms in total. The van der Waals surface area contributed by atoms with Crippen molar-refractivity contribution in [3.63, 3.8) is 0 Å². The van der Waals surface area contributed by atoms with Crippen molar-refractivity contribution in [2.45, 2.75) is 6.42 Å². The molecule has 1 amide bonds. The van der Waals surface area contributed by atoms with Crippen LogP contribution in [0.2, 0.25) is 0 Å². The molecule has 0 unspecified atom stereocenters. The summed E-state index contributed by atoms with van der Waals surface area (Å²) in [6.07, 6.45) is 2.90. The highest BCUT2D eigenvalue weighted by atomic mass is 16.5. The van der Waals surface area contributed by atoms with E-state index in [0.29, 0.717) is 25.7 Å². The highest BCUT2D eigenvalue weighted by molar-refractivity contribution is 5.98. The van der Waals surface area contributed by atoms with Gasteiger partial charge in [0, 0.05) is 48.8 Å². The minimum Gasteiger partial charge on any atom is -0.382 e. The first-order chi connectivity index (χ1) is 10.8. The van der Waals surface area contributed by atoms with Gasteiger partial charge in [-0.05, 0) is 30.7 Å². The van der Waals surface area contributed by atoms with Gasteiger partial charge < -0.3 is 19.4 Å². The van der Waals surface area contributed by atoms with Gasteiger partial charge in [-0.25, -0.2) is 0 Å². The second-order valence-electron chi connectivity index (χ2n) is 5.75. The summed E-state index contributed by atoms with van der Waals surface area (Å²) in [7, 11) is 1.67. The number of hydrogen-bond donors (Lipinski definition) is 1. The molecule has 1 aromatic carbocycles. The number of nitrogens with one attached hydrogen (secondary N) is 1. The van der Waals surface area contributed by atoms with Crippen LogP contribution >= 0.6 is 0 Å². The number of aromatic nitrogens is 1. The van der Waals surface area contributed by atoms with Crippen molar-refractivity contribution < 1.29 is 14.3 Å². The van der Waals surface area contributed by atoms with Gasteiger partial charge >= 0.3 is 0 Å². The Morgan fingerprint density at radius 2 is 2.27 bits per heavy atom. The van der Waals surface area contributed by atoms with Crippen LogP contribution in [0.5, 0.6) is 0 Å². The molecule has 1 aromatic heterocycles. The van der Waals surface area contributed by atoms with E-state index in [2.05, 4.69) is 4.98 Å². The third-order valence-electron chi connectivity index (χ3n) is 4.16. The fraction of sp³-hybridized carbons (Fsp3) is 0.471. The summed E-state index contributed by atoms with van der Waals surface area (Å²) in [5.74, 6) is 0.541. The minimum atomic E-state index is 0.113. The van der Waals surface area contributed by atoms with Crippen LogP contribution in [-0.2, 0) is 9.47 Å². The Balaban J connectivity index is 1.56. The average Bonchev–Trinajstić information content (AvgIpc) is 3.19. The summed E-state index contributed by atoms with van der Waals surface area (Å²) in [6, 6.07) is 7.80. The Kier molecular flexibility index (Phi) is 4.75. The number of H-pyrrole nitrogens is 1. The number of hydrogen-bond acceptors (Lipinski definition) is 3. The lowest BCUT2D eigenvalue weighted by Crippen LogP contribution is -2.29. The third kappa shape index (κ3) is 3.31. The molecule has 3 rings (SSSR count). The molecule has 0 saturated carbocycles. The number of methoxy groups -OCH3 is 1. The van der Waals surface area contributed by atoms with Crippen LogP contribution in [0.3, 0.4) is 0 Å². The number of ether oxygens (including phenoxy) is 2. The molecule has 5 heteroatoms. The van der Waals surface area contributed by atoms with Gasteiger partial charge in [-0.3, -0.25) is 4.79 Å². The number of carbonyl (C=O) groups is 1. The van der Waals surface area contributed by atoms with Crippen molar-refractivity contribution in [3.8, 4) is 0 Å². The molecule has 118 valence electrons. The van der Waals surface area contributed by atoms with Crippen LogP contribution in [0.4, 0.5) is 0 Å². The Morgan fingerprint density at radius 3 is 3.14 bits per heavy atom. The van der Waals surface area contributed by atoms with Gasteiger partial charge in [0.25, 0.3) is 5.91 Å². The topological polar surface area (TPSA) is 54.6 Å². The molecular formula is C17H22N2O3. The van der Waals surface area contributed by atoms with E-state index < -0.39 is 0 Å². The predicted molar refractivity (Wildman–Crippen MR) is 85.0 cm³/mol. The van der Waals surface area contributed by atoms with Crippen LogP contribution in [-0.4, -0.2) is 55.8 Å². The van der Waals surface area contributed by atoms with E-state index in [4.69, 9.17) is 9.47 Å². The van der Waals surface area contributed by atoms with E-state index in [1.807, 2.05) is 35.4 Å². The first-order valence-corrected chi connectivity index (χ1v) is 7.71. The molecule has 0 radical (unpaired) electrons. The minimum absolute atomic E-state index is 0.113. The van der Waals surface area contributed by atoms with Crippen LogP contribution < -0.4 is 0 Å². The van der Waals surface area contributed by atoms with Gasteiger partial charge in [-0.15, -0.1) is 0 Å². The number of benzene rings is 1. The lowest BCUT2D eigenvalue weighted by Gasteiger charge is -2.17. The Morgan fingerprint density at radius 1 is 1.36 bits per heavy atom. The van der Waals surface area contributed by atoms with Crippen molar-refractivity contribution in [3.05, 3.63) is 36.0 Å². The molecule has 1 aliphatic heterocycles. The Hall–Kier alpha value is -1.85. The smallest absolute Gasteiger partial charge is 0.253 e. The maximum atomic E-state index is 12.6. The molecule has 0 spiro atoms. The first kappa shape index (κ1) is 15.1. The van der Waals surface area contributed by atoms with Crippen LogP contribution in [0.15, 0.2) is 30.5 Å². The summed E-state index contributed by atoms with van der Waals surface area (Å²) >= 11 is 0. The monoisotopic (exact) mass is 302 g/mol. The highest BCUT2D eigenvalue weighted by Crippen LogP contribution is 2.21. The highest BCUT2D eigenvalue weighted by Gasteiger charge is 2.27.